The molecule has 0 saturated heterocycles. The van der Waals surface area contributed by atoms with E-state index in [0.29, 0.717) is 12.6 Å². The number of nitrogens with zero attached hydrogens (tertiary/aromatic N) is 2. The second kappa shape index (κ2) is 5.74. The highest BCUT2D eigenvalue weighted by molar-refractivity contribution is 5.82. The van der Waals surface area contributed by atoms with E-state index < -0.39 is 5.41 Å². The summed E-state index contributed by atoms with van der Waals surface area (Å²) in [7, 11) is 0. The average molecular weight is 264 g/mol. The summed E-state index contributed by atoms with van der Waals surface area (Å²) in [5.74, 6) is 0.0783. The molecule has 1 aromatic heterocycles. The predicted octanol–water partition coefficient (Wildman–Crippen LogP) is 1.47. The zero-order chi connectivity index (χ0) is 13.9. The number of nitrogens with one attached hydrogen (secondary N) is 1. The van der Waals surface area contributed by atoms with Gasteiger partial charge in [-0.15, -0.1) is 0 Å². The van der Waals surface area contributed by atoms with Gasteiger partial charge in [0.2, 0.25) is 5.91 Å². The average Bonchev–Trinajstić information content (AvgIpc) is 3.07. The van der Waals surface area contributed by atoms with Gasteiger partial charge in [0.1, 0.15) is 0 Å². The molecule has 5 nitrogen and oxygen atoms in total. The monoisotopic (exact) mass is 264 g/mol. The van der Waals surface area contributed by atoms with Crippen LogP contribution < -0.4 is 11.1 Å². The fourth-order valence-electron chi connectivity index (χ4n) is 2.67. The van der Waals surface area contributed by atoms with E-state index in [4.69, 9.17) is 5.73 Å². The van der Waals surface area contributed by atoms with Crippen LogP contribution in [0, 0.1) is 5.41 Å². The lowest BCUT2D eigenvalue weighted by atomic mass is 9.86. The lowest BCUT2D eigenvalue weighted by Crippen LogP contribution is -2.48. The largest absolute Gasteiger partial charge is 0.351 e. The molecule has 1 fully saturated rings. The van der Waals surface area contributed by atoms with E-state index in [-0.39, 0.29) is 11.9 Å². The van der Waals surface area contributed by atoms with E-state index in [0.717, 1.165) is 25.7 Å². The Bertz CT molecular complexity index is 411. The van der Waals surface area contributed by atoms with Gasteiger partial charge >= 0.3 is 0 Å². The van der Waals surface area contributed by atoms with E-state index in [2.05, 4.69) is 14.9 Å². The third-order valence-electron chi connectivity index (χ3n) is 4.48. The van der Waals surface area contributed by atoms with Gasteiger partial charge in [-0.2, -0.15) is 0 Å². The number of rotatable bonds is 5. The van der Waals surface area contributed by atoms with Crippen molar-refractivity contribution in [1.82, 2.24) is 14.9 Å². The maximum atomic E-state index is 12.4. The minimum absolute atomic E-state index is 0.0783. The minimum atomic E-state index is -0.456. The normalized spacial score (nSPS) is 26.1. The van der Waals surface area contributed by atoms with Crippen LogP contribution in [0.3, 0.4) is 0 Å². The summed E-state index contributed by atoms with van der Waals surface area (Å²) in [6.45, 7) is 4.33. The van der Waals surface area contributed by atoms with Gasteiger partial charge in [-0.05, 0) is 32.6 Å². The van der Waals surface area contributed by atoms with Crippen molar-refractivity contribution in [3.63, 3.8) is 0 Å². The zero-order valence-corrected chi connectivity index (χ0v) is 11.8. The molecule has 1 aromatic rings. The molecule has 3 unspecified atom stereocenters. The van der Waals surface area contributed by atoms with Gasteiger partial charge in [0.05, 0.1) is 17.8 Å². The van der Waals surface area contributed by atoms with E-state index in [1.807, 2.05) is 26.4 Å². The maximum absolute atomic E-state index is 12.4. The van der Waals surface area contributed by atoms with Crippen LogP contribution in [0.25, 0.3) is 0 Å². The summed E-state index contributed by atoms with van der Waals surface area (Å²) in [5, 5.41) is 3.19. The third-order valence-corrected chi connectivity index (χ3v) is 4.48. The van der Waals surface area contributed by atoms with Crippen molar-refractivity contribution < 1.29 is 4.79 Å². The maximum Gasteiger partial charge on any atom is 0.227 e. The van der Waals surface area contributed by atoms with E-state index >= 15 is 0 Å². The topological polar surface area (TPSA) is 72.9 Å². The van der Waals surface area contributed by atoms with Crippen LogP contribution in [-0.2, 0) is 4.79 Å². The molecule has 1 aliphatic rings. The minimum Gasteiger partial charge on any atom is -0.351 e. The molecule has 1 heterocycles. The van der Waals surface area contributed by atoms with E-state index in [9.17, 15) is 4.79 Å². The molecule has 0 aromatic carbocycles. The molecular formula is C14H24N4O. The van der Waals surface area contributed by atoms with Crippen LogP contribution >= 0.6 is 0 Å². The highest BCUT2D eigenvalue weighted by Crippen LogP contribution is 2.31. The fourth-order valence-corrected chi connectivity index (χ4v) is 2.67. The molecule has 3 N–H and O–H groups in total. The number of hydrogen-bond donors (Lipinski definition) is 2. The van der Waals surface area contributed by atoms with Gasteiger partial charge < -0.3 is 15.6 Å². The van der Waals surface area contributed by atoms with Gasteiger partial charge in [-0.25, -0.2) is 4.98 Å². The number of nitrogens with two attached hydrogens (primary N) is 1. The Hall–Kier alpha value is -1.36. The summed E-state index contributed by atoms with van der Waals surface area (Å²) >= 11 is 0. The Kier molecular flexibility index (Phi) is 4.24. The first-order valence-corrected chi connectivity index (χ1v) is 7.09. The number of carbonyl (C=O) groups is 1. The molecule has 0 radical (unpaired) electrons. The first kappa shape index (κ1) is 14.1. The summed E-state index contributed by atoms with van der Waals surface area (Å²) in [6.07, 6.45) is 9.60. The number of hydrogen-bond acceptors (Lipinski definition) is 3. The predicted molar refractivity (Wildman–Crippen MR) is 74.5 cm³/mol. The van der Waals surface area contributed by atoms with Crippen LogP contribution in [0.1, 0.15) is 45.6 Å². The molecule has 0 spiro atoms. The first-order valence-electron chi connectivity index (χ1n) is 7.09. The fraction of sp³-hybridized carbons (Fsp3) is 0.714. The summed E-state index contributed by atoms with van der Waals surface area (Å²) in [6, 6.07) is 0.518. The Morgan fingerprint density at radius 1 is 1.58 bits per heavy atom. The van der Waals surface area contributed by atoms with E-state index in [1.54, 1.807) is 6.20 Å². The summed E-state index contributed by atoms with van der Waals surface area (Å²) in [4.78, 5) is 16.5. The van der Waals surface area contributed by atoms with Crippen molar-refractivity contribution in [3.05, 3.63) is 18.7 Å². The van der Waals surface area contributed by atoms with Crippen molar-refractivity contribution in [1.29, 1.82) is 0 Å². The van der Waals surface area contributed by atoms with Crippen LogP contribution in [0.5, 0.6) is 0 Å². The molecule has 2 rings (SSSR count). The number of aromatic nitrogens is 2. The zero-order valence-electron chi connectivity index (χ0n) is 11.8. The third kappa shape index (κ3) is 2.81. The summed E-state index contributed by atoms with van der Waals surface area (Å²) in [5.41, 5.74) is 5.29. The van der Waals surface area contributed by atoms with Crippen molar-refractivity contribution in [2.24, 2.45) is 11.1 Å². The Labute approximate surface area is 114 Å². The molecular weight excluding hydrogens is 240 g/mol. The Balaban J connectivity index is 2.04. The number of amides is 1. The van der Waals surface area contributed by atoms with Crippen LogP contribution in [0.15, 0.2) is 18.7 Å². The van der Waals surface area contributed by atoms with Crippen molar-refractivity contribution >= 4 is 5.91 Å². The van der Waals surface area contributed by atoms with Gasteiger partial charge in [-0.3, -0.25) is 4.79 Å². The highest BCUT2D eigenvalue weighted by Gasteiger charge is 2.35. The Morgan fingerprint density at radius 2 is 2.37 bits per heavy atom. The second-order valence-electron chi connectivity index (χ2n) is 5.71. The smallest absolute Gasteiger partial charge is 0.227 e. The van der Waals surface area contributed by atoms with Gasteiger partial charge in [0, 0.05) is 25.0 Å². The number of carbonyl (C=O) groups excluding carboxylic acids is 1. The first-order chi connectivity index (χ1) is 9.10. The van der Waals surface area contributed by atoms with Gasteiger partial charge in [0.25, 0.3) is 0 Å². The molecule has 5 heteroatoms. The molecule has 1 saturated carbocycles. The molecule has 0 aliphatic heterocycles. The van der Waals surface area contributed by atoms with E-state index in [1.165, 1.54) is 0 Å². The number of imidazole rings is 1. The molecule has 106 valence electrons. The highest BCUT2D eigenvalue weighted by atomic mass is 16.2. The van der Waals surface area contributed by atoms with Crippen LogP contribution in [0.4, 0.5) is 0 Å². The molecule has 3 atom stereocenters. The standard InChI is InChI=1S/C14H24N4O/c1-3-14(2,9-15)13(19)17-11-5-4-6-12(11)18-8-7-16-10-18/h7-8,10-12H,3-6,9,15H2,1-2H3,(H,17,19). The lowest BCUT2D eigenvalue weighted by Gasteiger charge is -2.29. The van der Waals surface area contributed by atoms with Crippen molar-refractivity contribution in [3.8, 4) is 0 Å². The van der Waals surface area contributed by atoms with Crippen molar-refractivity contribution in [2.75, 3.05) is 6.54 Å². The Morgan fingerprint density at radius 3 is 2.95 bits per heavy atom. The lowest BCUT2D eigenvalue weighted by molar-refractivity contribution is -0.130. The van der Waals surface area contributed by atoms with Crippen molar-refractivity contribution in [2.45, 2.75) is 51.6 Å². The van der Waals surface area contributed by atoms with Gasteiger partial charge in [-0.1, -0.05) is 6.92 Å². The second-order valence-corrected chi connectivity index (χ2v) is 5.71. The molecule has 19 heavy (non-hydrogen) atoms. The quantitative estimate of drug-likeness (QED) is 0.845. The molecule has 1 amide bonds. The summed E-state index contributed by atoms with van der Waals surface area (Å²) < 4.78 is 2.10. The SMILES string of the molecule is CCC(C)(CN)C(=O)NC1CCCC1n1ccnc1. The van der Waals surface area contributed by atoms with Gasteiger partial charge in [0.15, 0.2) is 0 Å². The molecule has 0 bridgehead atoms. The van der Waals surface area contributed by atoms with Crippen LogP contribution in [-0.4, -0.2) is 28.0 Å². The van der Waals surface area contributed by atoms with Crippen LogP contribution in [0.2, 0.25) is 0 Å². The molecule has 1 aliphatic carbocycles.